The molecule has 0 saturated carbocycles. The van der Waals surface area contributed by atoms with Crippen LogP contribution >= 0.6 is 23.5 Å². The lowest BCUT2D eigenvalue weighted by atomic mass is 10.2. The molecule has 0 radical (unpaired) electrons. The summed E-state index contributed by atoms with van der Waals surface area (Å²) in [5.74, 6) is 0.613. The van der Waals surface area contributed by atoms with Crippen LogP contribution in [-0.2, 0) is 27.5 Å². The minimum absolute atomic E-state index is 0.0231. The molecule has 0 unspecified atom stereocenters. The van der Waals surface area contributed by atoms with E-state index in [1.165, 1.54) is 67.2 Å². The van der Waals surface area contributed by atoms with Gasteiger partial charge in [-0.3, -0.25) is 29.9 Å². The number of carbonyl (C=O) groups is 3. The zero-order chi connectivity index (χ0) is 30.9. The molecule has 4 rings (SSSR count). The van der Waals surface area contributed by atoms with Gasteiger partial charge in [-0.05, 0) is 41.8 Å². The van der Waals surface area contributed by atoms with Gasteiger partial charge in [0.2, 0.25) is 0 Å². The van der Waals surface area contributed by atoms with E-state index >= 15 is 0 Å². The summed E-state index contributed by atoms with van der Waals surface area (Å²) in [7, 11) is 0. The summed E-state index contributed by atoms with van der Waals surface area (Å²) < 4.78 is 10.7. The maximum absolute atomic E-state index is 13.1. The van der Waals surface area contributed by atoms with E-state index in [0.717, 1.165) is 4.91 Å². The minimum atomic E-state index is -0.615. The van der Waals surface area contributed by atoms with E-state index in [1.807, 2.05) is 11.1 Å². The van der Waals surface area contributed by atoms with Gasteiger partial charge in [-0.1, -0.05) is 11.8 Å². The number of amides is 2. The Labute approximate surface area is 255 Å². The summed E-state index contributed by atoms with van der Waals surface area (Å²) >= 11 is 2.76. The van der Waals surface area contributed by atoms with Crippen LogP contribution in [0, 0.1) is 20.2 Å². The number of benzene rings is 2. The molecule has 1 N–H and O–H groups in total. The number of nitrogens with one attached hydrogen (secondary N) is 1. The van der Waals surface area contributed by atoms with Gasteiger partial charge in [0.1, 0.15) is 13.2 Å². The second-order valence-corrected chi connectivity index (χ2v) is 12.2. The highest BCUT2D eigenvalue weighted by Crippen LogP contribution is 2.39. The van der Waals surface area contributed by atoms with E-state index in [9.17, 15) is 34.6 Å². The number of ether oxygens (including phenoxy) is 2. The van der Waals surface area contributed by atoms with Gasteiger partial charge < -0.3 is 19.7 Å². The highest BCUT2D eigenvalue weighted by molar-refractivity contribution is 8.14. The Kier molecular flexibility index (Phi) is 10.8. The molecule has 0 bridgehead atoms. The first-order valence-electron chi connectivity index (χ1n) is 13.2. The van der Waals surface area contributed by atoms with E-state index < -0.39 is 22.0 Å². The zero-order valence-electron chi connectivity index (χ0n) is 23.1. The molecule has 2 atom stereocenters. The number of hydrogen-bond acceptors (Lipinski definition) is 12. The lowest BCUT2D eigenvalue weighted by Crippen LogP contribution is -2.36. The van der Waals surface area contributed by atoms with Crippen LogP contribution < -0.4 is 5.32 Å². The van der Waals surface area contributed by atoms with Crippen LogP contribution in [0.4, 0.5) is 21.0 Å². The largest absolute Gasteiger partial charge is 0.445 e. The molecule has 0 aliphatic carbocycles. The standard InChI is InChI=1S/C27H29N5O9S2/c1-18(33)43-23-12-24(30(13-23)27(35)41-16-20-4-8-22(9-5-20)32(38)39)25-14-29(17-42-25)11-10-28-26(34)40-15-19-2-6-21(7-3-19)31(36)37/h2-9,14,23-24H,10-13,15-17H2,1H3,(H,28,34)/t23-,24-/m0/s1. The topological polar surface area (TPSA) is 174 Å². The van der Waals surface area contributed by atoms with Crippen molar-refractivity contribution in [2.24, 2.45) is 0 Å². The molecular formula is C27H29N5O9S2. The Morgan fingerprint density at radius 2 is 1.56 bits per heavy atom. The maximum Gasteiger partial charge on any atom is 0.410 e. The fourth-order valence-corrected chi connectivity index (χ4v) is 6.61. The number of rotatable bonds is 11. The van der Waals surface area contributed by atoms with Crippen LogP contribution in [0.15, 0.2) is 59.6 Å². The number of carbonyl (C=O) groups excluding carboxylic acids is 3. The summed E-state index contributed by atoms with van der Waals surface area (Å²) in [6, 6.07) is 11.2. The number of alkyl carbamates (subject to hydrolysis) is 1. The smallest absolute Gasteiger partial charge is 0.410 e. The summed E-state index contributed by atoms with van der Waals surface area (Å²) in [4.78, 5) is 62.1. The molecule has 2 amide bonds. The molecule has 2 aromatic rings. The van der Waals surface area contributed by atoms with Crippen molar-refractivity contribution in [3.05, 3.63) is 91.0 Å². The van der Waals surface area contributed by atoms with E-state index in [4.69, 9.17) is 9.47 Å². The lowest BCUT2D eigenvalue weighted by molar-refractivity contribution is -0.385. The number of non-ortho nitro benzene ring substituents is 2. The molecule has 2 heterocycles. The van der Waals surface area contributed by atoms with Crippen molar-refractivity contribution in [1.29, 1.82) is 0 Å². The van der Waals surface area contributed by atoms with Crippen LogP contribution in [0.5, 0.6) is 0 Å². The van der Waals surface area contributed by atoms with Crippen LogP contribution in [-0.4, -0.2) is 73.8 Å². The van der Waals surface area contributed by atoms with Gasteiger partial charge in [-0.2, -0.15) is 0 Å². The molecule has 1 saturated heterocycles. The van der Waals surface area contributed by atoms with Crippen molar-refractivity contribution in [3.8, 4) is 0 Å². The summed E-state index contributed by atoms with van der Waals surface area (Å²) in [6.07, 6.45) is 1.37. The second kappa shape index (κ2) is 14.7. The summed E-state index contributed by atoms with van der Waals surface area (Å²) in [5, 5.41) is 24.2. The number of hydrogen-bond donors (Lipinski definition) is 1. The van der Waals surface area contributed by atoms with Gasteiger partial charge in [0.05, 0.1) is 21.8 Å². The first kappa shape index (κ1) is 31.6. The van der Waals surface area contributed by atoms with E-state index in [1.54, 1.807) is 16.7 Å². The lowest BCUT2D eigenvalue weighted by Gasteiger charge is -2.24. The van der Waals surface area contributed by atoms with Gasteiger partial charge in [0.25, 0.3) is 11.4 Å². The molecule has 2 aliphatic heterocycles. The molecule has 228 valence electrons. The Morgan fingerprint density at radius 3 is 2.12 bits per heavy atom. The van der Waals surface area contributed by atoms with Gasteiger partial charge in [0, 0.05) is 67.2 Å². The molecule has 2 aliphatic rings. The fraction of sp³-hybridized carbons (Fsp3) is 0.370. The Hall–Kier alpha value is -4.31. The van der Waals surface area contributed by atoms with Crippen molar-refractivity contribution >= 4 is 52.2 Å². The van der Waals surface area contributed by atoms with Gasteiger partial charge in [-0.15, -0.1) is 11.8 Å². The molecule has 0 spiro atoms. The molecule has 43 heavy (non-hydrogen) atoms. The van der Waals surface area contributed by atoms with Gasteiger partial charge in [0.15, 0.2) is 5.12 Å². The second-order valence-electron chi connectivity index (χ2n) is 9.66. The van der Waals surface area contributed by atoms with Crippen LogP contribution in [0.3, 0.4) is 0 Å². The predicted octanol–water partition coefficient (Wildman–Crippen LogP) is 4.64. The van der Waals surface area contributed by atoms with Crippen molar-refractivity contribution in [1.82, 2.24) is 15.1 Å². The molecular weight excluding hydrogens is 602 g/mol. The van der Waals surface area contributed by atoms with Crippen LogP contribution in [0.2, 0.25) is 0 Å². The van der Waals surface area contributed by atoms with Crippen molar-refractivity contribution in [3.63, 3.8) is 0 Å². The molecule has 16 heteroatoms. The fourth-order valence-electron chi connectivity index (χ4n) is 4.47. The average molecular weight is 632 g/mol. The quantitative estimate of drug-likeness (QED) is 0.269. The predicted molar refractivity (Wildman–Crippen MR) is 159 cm³/mol. The first-order valence-corrected chi connectivity index (χ1v) is 15.0. The molecule has 0 aromatic heterocycles. The van der Waals surface area contributed by atoms with E-state index in [2.05, 4.69) is 5.32 Å². The number of thioether (sulfide) groups is 2. The number of nitrogens with zero attached hydrogens (tertiary/aromatic N) is 4. The Morgan fingerprint density at radius 1 is 0.977 bits per heavy atom. The van der Waals surface area contributed by atoms with Gasteiger partial charge in [-0.25, -0.2) is 9.59 Å². The zero-order valence-corrected chi connectivity index (χ0v) is 24.7. The third-order valence-electron chi connectivity index (χ3n) is 6.56. The monoisotopic (exact) mass is 631 g/mol. The molecule has 1 fully saturated rings. The van der Waals surface area contributed by atoms with E-state index in [-0.39, 0.29) is 41.0 Å². The number of likely N-dealkylation sites (tertiary alicyclic amines) is 1. The summed E-state index contributed by atoms with van der Waals surface area (Å²) in [6.45, 7) is 2.56. The Bertz CT molecular complexity index is 1390. The van der Waals surface area contributed by atoms with Crippen molar-refractivity contribution in [2.75, 3.05) is 25.5 Å². The molecule has 2 aromatic carbocycles. The highest BCUT2D eigenvalue weighted by Gasteiger charge is 2.40. The van der Waals surface area contributed by atoms with Crippen molar-refractivity contribution in [2.45, 2.75) is 37.9 Å². The molecule has 14 nitrogen and oxygen atoms in total. The van der Waals surface area contributed by atoms with Crippen LogP contribution in [0.25, 0.3) is 0 Å². The minimum Gasteiger partial charge on any atom is -0.445 e. The highest BCUT2D eigenvalue weighted by atomic mass is 32.2. The van der Waals surface area contributed by atoms with E-state index in [0.29, 0.717) is 43.1 Å². The Balaban J connectivity index is 1.27. The maximum atomic E-state index is 13.1. The normalized spacial score (nSPS) is 17.7. The van der Waals surface area contributed by atoms with Crippen LogP contribution in [0.1, 0.15) is 24.5 Å². The number of nitro benzene ring substituents is 2. The number of nitro groups is 2. The third kappa shape index (κ3) is 9.09. The third-order valence-corrected chi connectivity index (χ3v) is 8.74. The summed E-state index contributed by atoms with van der Waals surface area (Å²) in [5.41, 5.74) is 1.14. The average Bonchev–Trinajstić information content (AvgIpc) is 3.62. The first-order chi connectivity index (χ1) is 20.6. The SMILES string of the molecule is CC(=O)S[C@H]1C[C@@H](C2=CN(CCNC(=O)OCc3ccc([N+](=O)[O-])cc3)CS2)N(C(=O)OCc2ccc([N+](=O)[O-])cc2)C1. The van der Waals surface area contributed by atoms with Gasteiger partial charge >= 0.3 is 12.2 Å². The van der Waals surface area contributed by atoms with Crippen molar-refractivity contribution < 1.29 is 33.7 Å².